The fourth-order valence-corrected chi connectivity index (χ4v) is 3.37. The molecule has 8 nitrogen and oxygen atoms in total. The van der Waals surface area contributed by atoms with Crippen LogP contribution in [0, 0.1) is 6.92 Å². The summed E-state index contributed by atoms with van der Waals surface area (Å²) in [4.78, 5) is 16.8. The zero-order valence-electron chi connectivity index (χ0n) is 16.6. The van der Waals surface area contributed by atoms with Gasteiger partial charge in [-0.15, -0.1) is 0 Å². The number of ether oxygens (including phenoxy) is 2. The van der Waals surface area contributed by atoms with Crippen molar-refractivity contribution in [2.24, 2.45) is 4.99 Å². The van der Waals surface area contributed by atoms with Gasteiger partial charge in [0.1, 0.15) is 17.7 Å². The van der Waals surface area contributed by atoms with Crippen LogP contribution in [-0.4, -0.2) is 43.8 Å². The zero-order chi connectivity index (χ0) is 20.6. The number of nitrogens with one attached hydrogen (secondary N) is 4. The normalized spacial score (nSPS) is 15.3. The van der Waals surface area contributed by atoms with Gasteiger partial charge in [0.15, 0.2) is 5.17 Å². The van der Waals surface area contributed by atoms with Crippen LogP contribution in [0.5, 0.6) is 11.5 Å². The molecule has 2 aromatic rings. The van der Waals surface area contributed by atoms with E-state index in [-0.39, 0.29) is 17.8 Å². The van der Waals surface area contributed by atoms with Gasteiger partial charge in [0.2, 0.25) is 5.91 Å². The van der Waals surface area contributed by atoms with Gasteiger partial charge in [0.05, 0.1) is 26.5 Å². The molecule has 0 aliphatic carbocycles. The quantitative estimate of drug-likeness (QED) is 0.526. The third-order valence-corrected chi connectivity index (χ3v) is 5.00. The minimum atomic E-state index is -0.142. The molecule has 1 aliphatic heterocycles. The predicted molar refractivity (Wildman–Crippen MR) is 118 cm³/mol. The molecule has 9 heteroatoms. The number of nitrogens with zero attached hydrogens (tertiary/aromatic N) is 1. The van der Waals surface area contributed by atoms with E-state index in [0.29, 0.717) is 28.9 Å². The number of hydrazine groups is 1. The average Bonchev–Trinajstić information content (AvgIpc) is 3.18. The van der Waals surface area contributed by atoms with Crippen LogP contribution in [0.15, 0.2) is 47.5 Å². The highest BCUT2D eigenvalue weighted by Gasteiger charge is 2.17. The second-order valence-electron chi connectivity index (χ2n) is 6.41. The highest BCUT2D eigenvalue weighted by Crippen LogP contribution is 2.25. The van der Waals surface area contributed by atoms with Crippen LogP contribution in [0.4, 0.5) is 11.4 Å². The molecule has 2 aromatic carbocycles. The van der Waals surface area contributed by atoms with Gasteiger partial charge in [-0.2, -0.15) is 0 Å². The van der Waals surface area contributed by atoms with Gasteiger partial charge >= 0.3 is 0 Å². The van der Waals surface area contributed by atoms with Crippen LogP contribution in [0.25, 0.3) is 0 Å². The number of aliphatic imine (C=N–C) groups is 1. The molecule has 0 saturated heterocycles. The minimum absolute atomic E-state index is 0.108. The van der Waals surface area contributed by atoms with Crippen molar-refractivity contribution < 1.29 is 14.3 Å². The summed E-state index contributed by atoms with van der Waals surface area (Å²) < 4.78 is 10.4. The molecule has 1 amide bonds. The lowest BCUT2D eigenvalue weighted by atomic mass is 10.2. The molecule has 0 radical (unpaired) electrons. The van der Waals surface area contributed by atoms with Gasteiger partial charge < -0.3 is 20.1 Å². The molecule has 0 saturated carbocycles. The van der Waals surface area contributed by atoms with Crippen molar-refractivity contribution in [2.45, 2.75) is 13.1 Å². The topological polar surface area (TPSA) is 96.0 Å². The lowest BCUT2D eigenvalue weighted by molar-refractivity contribution is -0.113. The Labute approximate surface area is 174 Å². The molecule has 154 valence electrons. The van der Waals surface area contributed by atoms with Crippen LogP contribution in [0.3, 0.4) is 0 Å². The summed E-state index contributed by atoms with van der Waals surface area (Å²) in [6, 6.07) is 13.4. The Hall–Kier alpha value is -2.91. The van der Waals surface area contributed by atoms with Gasteiger partial charge in [0, 0.05) is 29.6 Å². The van der Waals surface area contributed by atoms with E-state index < -0.39 is 0 Å². The third kappa shape index (κ3) is 6.30. The molecule has 1 unspecified atom stereocenters. The van der Waals surface area contributed by atoms with Crippen LogP contribution < -0.4 is 31.0 Å². The average molecular weight is 416 g/mol. The molecule has 0 fully saturated rings. The second kappa shape index (κ2) is 10.0. The van der Waals surface area contributed by atoms with Crippen LogP contribution in [-0.2, 0) is 4.79 Å². The fourth-order valence-electron chi connectivity index (χ4n) is 2.70. The monoisotopic (exact) mass is 415 g/mol. The standard InChI is InChI=1S/C20H25N5O3S/c1-13-5-4-6-14(7-13)21-11-18-23-20(25-24-18)29-12-19(26)22-15-8-16(27-2)10-17(9-15)28-3/h4-10,18,21,24H,11-12H2,1-3H3,(H,22,26)(H,23,25). The van der Waals surface area contributed by atoms with Gasteiger partial charge in [-0.3, -0.25) is 10.2 Å². The summed E-state index contributed by atoms with van der Waals surface area (Å²) in [6.45, 7) is 2.69. The first-order chi connectivity index (χ1) is 14.1. The molecule has 0 aromatic heterocycles. The summed E-state index contributed by atoms with van der Waals surface area (Å²) in [5, 5.41) is 6.87. The van der Waals surface area contributed by atoms with E-state index in [0.717, 1.165) is 5.69 Å². The molecule has 0 spiro atoms. The number of carbonyl (C=O) groups excluding carboxylic acids is 1. The van der Waals surface area contributed by atoms with Crippen LogP contribution in [0.2, 0.25) is 0 Å². The number of aryl methyl sites for hydroxylation is 1. The molecule has 1 atom stereocenters. The number of thioether (sulfide) groups is 1. The maximum atomic E-state index is 12.3. The number of hydrogen-bond acceptors (Lipinski definition) is 8. The van der Waals surface area contributed by atoms with E-state index in [1.807, 2.05) is 12.1 Å². The molecular weight excluding hydrogens is 390 g/mol. The number of hydrogen-bond donors (Lipinski definition) is 4. The first-order valence-electron chi connectivity index (χ1n) is 9.11. The Morgan fingerprint density at radius 2 is 1.90 bits per heavy atom. The van der Waals surface area contributed by atoms with Gasteiger partial charge in [-0.1, -0.05) is 23.9 Å². The van der Waals surface area contributed by atoms with E-state index >= 15 is 0 Å². The van der Waals surface area contributed by atoms with E-state index in [4.69, 9.17) is 9.47 Å². The van der Waals surface area contributed by atoms with Crippen LogP contribution in [0.1, 0.15) is 5.56 Å². The lowest BCUT2D eigenvalue weighted by Gasteiger charge is -2.10. The maximum absolute atomic E-state index is 12.3. The van der Waals surface area contributed by atoms with Crippen molar-refractivity contribution in [2.75, 3.05) is 37.2 Å². The first kappa shape index (κ1) is 20.8. The third-order valence-electron chi connectivity index (χ3n) is 4.11. The van der Waals surface area contributed by atoms with Gasteiger partial charge in [-0.05, 0) is 24.6 Å². The van der Waals surface area contributed by atoms with Crippen LogP contribution >= 0.6 is 11.8 Å². The molecule has 29 heavy (non-hydrogen) atoms. The van der Waals surface area contributed by atoms with Crippen molar-refractivity contribution in [1.82, 2.24) is 10.9 Å². The number of methoxy groups -OCH3 is 2. The smallest absolute Gasteiger partial charge is 0.234 e. The Kier molecular flexibility index (Phi) is 7.20. The van der Waals surface area contributed by atoms with E-state index in [1.165, 1.54) is 17.3 Å². The van der Waals surface area contributed by atoms with E-state index in [2.05, 4.69) is 45.5 Å². The SMILES string of the molecule is COc1cc(NC(=O)CSC2=NC(CNc3cccc(C)c3)NN2)cc(OC)c1. The molecule has 1 heterocycles. The molecule has 3 rings (SSSR count). The largest absolute Gasteiger partial charge is 0.497 e. The highest BCUT2D eigenvalue weighted by molar-refractivity contribution is 8.14. The predicted octanol–water partition coefficient (Wildman–Crippen LogP) is 2.59. The number of carbonyl (C=O) groups is 1. The zero-order valence-corrected chi connectivity index (χ0v) is 17.4. The maximum Gasteiger partial charge on any atom is 0.234 e. The van der Waals surface area contributed by atoms with Gasteiger partial charge in [0.25, 0.3) is 0 Å². The summed E-state index contributed by atoms with van der Waals surface area (Å²) >= 11 is 1.33. The number of rotatable bonds is 8. The summed E-state index contributed by atoms with van der Waals surface area (Å²) in [6.07, 6.45) is -0.108. The van der Waals surface area contributed by atoms with Crippen molar-refractivity contribution in [3.63, 3.8) is 0 Å². The summed E-state index contributed by atoms with van der Waals surface area (Å²) in [5.74, 6) is 1.31. The van der Waals surface area contributed by atoms with E-state index in [1.54, 1.807) is 32.4 Å². The summed E-state index contributed by atoms with van der Waals surface area (Å²) in [5.41, 5.74) is 8.98. The van der Waals surface area contributed by atoms with Crippen molar-refractivity contribution in [3.8, 4) is 11.5 Å². The number of benzene rings is 2. The van der Waals surface area contributed by atoms with Gasteiger partial charge in [-0.25, -0.2) is 10.4 Å². The van der Waals surface area contributed by atoms with Crippen molar-refractivity contribution in [3.05, 3.63) is 48.0 Å². The second-order valence-corrected chi connectivity index (χ2v) is 7.37. The fraction of sp³-hybridized carbons (Fsp3) is 0.300. The summed E-state index contributed by atoms with van der Waals surface area (Å²) in [7, 11) is 3.13. The number of amides is 1. The Bertz CT molecular complexity index is 868. The number of amidine groups is 1. The number of anilines is 2. The molecule has 4 N–H and O–H groups in total. The Morgan fingerprint density at radius 3 is 2.59 bits per heavy atom. The molecule has 1 aliphatic rings. The first-order valence-corrected chi connectivity index (χ1v) is 10.1. The molecular formula is C20H25N5O3S. The Morgan fingerprint density at radius 1 is 1.14 bits per heavy atom. The Balaban J connectivity index is 1.46. The molecule has 0 bridgehead atoms. The van der Waals surface area contributed by atoms with Crippen molar-refractivity contribution >= 4 is 34.2 Å². The minimum Gasteiger partial charge on any atom is -0.497 e. The van der Waals surface area contributed by atoms with Crippen molar-refractivity contribution in [1.29, 1.82) is 0 Å². The van der Waals surface area contributed by atoms with E-state index in [9.17, 15) is 4.79 Å². The highest BCUT2D eigenvalue weighted by atomic mass is 32.2. The lowest BCUT2D eigenvalue weighted by Crippen LogP contribution is -2.37.